The molecule has 5 rings (SSSR count). The van der Waals surface area contributed by atoms with E-state index in [1.165, 1.54) is 4.90 Å². The quantitative estimate of drug-likeness (QED) is 0.132. The van der Waals surface area contributed by atoms with Crippen molar-refractivity contribution in [2.75, 3.05) is 13.2 Å². The first-order valence-electron chi connectivity index (χ1n) is 12.5. The molecule has 3 aromatic carbocycles. The maximum atomic E-state index is 13.4. The van der Waals surface area contributed by atoms with Crippen LogP contribution in [-0.2, 0) is 48.5 Å². The lowest BCUT2D eigenvalue weighted by atomic mass is 9.93. The molecule has 2 aliphatic heterocycles. The van der Waals surface area contributed by atoms with Gasteiger partial charge in [0.2, 0.25) is 17.5 Å². The summed E-state index contributed by atoms with van der Waals surface area (Å²) in [5, 5.41) is 5.94. The summed E-state index contributed by atoms with van der Waals surface area (Å²) in [7, 11) is 0. The fourth-order valence-electron chi connectivity index (χ4n) is 4.75. The largest absolute Gasteiger partial charge is 0.458 e. The third-order valence-corrected chi connectivity index (χ3v) is 6.73. The molecule has 2 saturated heterocycles. The van der Waals surface area contributed by atoms with Gasteiger partial charge in [-0.25, -0.2) is 14.6 Å². The van der Waals surface area contributed by atoms with Gasteiger partial charge < -0.3 is 15.0 Å². The standard InChI is InChI=1S/C29H29N3O6/c33-25(16-21-10-4-1-5-11-21)31-26-24-17-30-29(32(24)27(26)34,20-38-37-19-23-14-8-3-9-15-23)28(35)36-18-22-12-6-2-7-13-22/h1-15,24,26,30H,16-20H2,(H,31,33)/t24-,26?,29?/m1/s1. The third kappa shape index (κ3) is 5.45. The van der Waals surface area contributed by atoms with E-state index in [0.717, 1.165) is 16.7 Å². The summed E-state index contributed by atoms with van der Waals surface area (Å²) in [6, 6.07) is 26.8. The Morgan fingerprint density at radius 3 is 2.05 bits per heavy atom. The number of fused-ring (bicyclic) bond motifs is 1. The highest BCUT2D eigenvalue weighted by atomic mass is 17.2. The first-order valence-corrected chi connectivity index (χ1v) is 12.5. The van der Waals surface area contributed by atoms with Gasteiger partial charge in [-0.15, -0.1) is 0 Å². The number of hydrogen-bond donors (Lipinski definition) is 2. The topological polar surface area (TPSA) is 106 Å². The summed E-state index contributed by atoms with van der Waals surface area (Å²) < 4.78 is 5.61. The van der Waals surface area contributed by atoms with E-state index in [4.69, 9.17) is 14.5 Å². The summed E-state index contributed by atoms with van der Waals surface area (Å²) in [4.78, 5) is 51.5. The molecule has 0 radical (unpaired) electrons. The number of nitrogens with zero attached hydrogens (tertiary/aromatic N) is 1. The minimum atomic E-state index is -1.58. The van der Waals surface area contributed by atoms with Crippen LogP contribution in [-0.4, -0.2) is 53.6 Å². The van der Waals surface area contributed by atoms with E-state index >= 15 is 0 Å². The van der Waals surface area contributed by atoms with Gasteiger partial charge in [-0.05, 0) is 16.7 Å². The van der Waals surface area contributed by atoms with E-state index in [0.29, 0.717) is 0 Å². The number of rotatable bonds is 11. The zero-order valence-corrected chi connectivity index (χ0v) is 20.7. The molecule has 2 aliphatic rings. The van der Waals surface area contributed by atoms with Crippen LogP contribution in [0.3, 0.4) is 0 Å². The Hall–Kier alpha value is -4.05. The van der Waals surface area contributed by atoms with Crippen molar-refractivity contribution in [1.82, 2.24) is 15.5 Å². The molecule has 196 valence electrons. The van der Waals surface area contributed by atoms with Gasteiger partial charge in [0.05, 0.1) is 12.5 Å². The predicted molar refractivity (Wildman–Crippen MR) is 137 cm³/mol. The van der Waals surface area contributed by atoms with Crippen LogP contribution in [0.2, 0.25) is 0 Å². The van der Waals surface area contributed by atoms with Gasteiger partial charge in [-0.3, -0.25) is 14.9 Å². The second-order valence-electron chi connectivity index (χ2n) is 9.30. The summed E-state index contributed by atoms with van der Waals surface area (Å²) in [6.45, 7) is 0.217. The van der Waals surface area contributed by atoms with Crippen LogP contribution in [0.25, 0.3) is 0 Å². The van der Waals surface area contributed by atoms with Crippen LogP contribution in [0.5, 0.6) is 0 Å². The Bertz CT molecular complexity index is 1260. The average molecular weight is 516 g/mol. The normalized spacial score (nSPS) is 21.9. The number of β-lactam (4-membered cyclic amide) rings is 1. The first-order chi connectivity index (χ1) is 18.6. The lowest BCUT2D eigenvalue weighted by Crippen LogP contribution is -2.76. The fraction of sp³-hybridized carbons (Fsp3) is 0.276. The molecule has 0 spiro atoms. The zero-order chi connectivity index (χ0) is 26.4. The molecule has 3 aromatic rings. The molecule has 2 fully saturated rings. The summed E-state index contributed by atoms with van der Waals surface area (Å²) >= 11 is 0. The van der Waals surface area contributed by atoms with Gasteiger partial charge in [-0.1, -0.05) is 91.0 Å². The lowest BCUT2D eigenvalue weighted by molar-refractivity contribution is -0.319. The number of carbonyl (C=O) groups excluding carboxylic acids is 3. The second kappa shape index (κ2) is 11.6. The Labute approximate surface area is 220 Å². The molecule has 2 amide bonds. The van der Waals surface area contributed by atoms with Crippen molar-refractivity contribution in [3.05, 3.63) is 108 Å². The molecule has 9 nitrogen and oxygen atoms in total. The van der Waals surface area contributed by atoms with E-state index in [2.05, 4.69) is 10.6 Å². The van der Waals surface area contributed by atoms with Crippen LogP contribution in [0.15, 0.2) is 91.0 Å². The van der Waals surface area contributed by atoms with Crippen LogP contribution in [0.1, 0.15) is 16.7 Å². The van der Waals surface area contributed by atoms with E-state index in [1.807, 2.05) is 91.0 Å². The molecule has 0 saturated carbocycles. The van der Waals surface area contributed by atoms with E-state index in [9.17, 15) is 14.4 Å². The third-order valence-electron chi connectivity index (χ3n) is 6.73. The van der Waals surface area contributed by atoms with Gasteiger partial charge in [0, 0.05) is 6.54 Å². The van der Waals surface area contributed by atoms with Crippen molar-refractivity contribution in [3.8, 4) is 0 Å². The monoisotopic (exact) mass is 515 g/mol. The van der Waals surface area contributed by atoms with Gasteiger partial charge in [0.1, 0.15) is 25.9 Å². The van der Waals surface area contributed by atoms with Crippen LogP contribution in [0, 0.1) is 0 Å². The summed E-state index contributed by atoms with van der Waals surface area (Å²) in [5.74, 6) is -1.31. The Balaban J connectivity index is 1.25. The molecule has 0 aliphatic carbocycles. The van der Waals surface area contributed by atoms with Crippen molar-refractivity contribution in [3.63, 3.8) is 0 Å². The van der Waals surface area contributed by atoms with Gasteiger partial charge in [0.15, 0.2) is 0 Å². The number of amides is 2. The molecule has 3 atom stereocenters. The van der Waals surface area contributed by atoms with E-state index in [1.54, 1.807) is 0 Å². The number of carbonyl (C=O) groups is 3. The minimum Gasteiger partial charge on any atom is -0.458 e. The maximum Gasteiger partial charge on any atom is 0.350 e. The highest BCUT2D eigenvalue weighted by molar-refractivity contribution is 5.99. The smallest absolute Gasteiger partial charge is 0.350 e. The van der Waals surface area contributed by atoms with E-state index in [-0.39, 0.29) is 44.6 Å². The predicted octanol–water partition coefficient (Wildman–Crippen LogP) is 2.12. The van der Waals surface area contributed by atoms with Crippen molar-refractivity contribution >= 4 is 17.8 Å². The van der Waals surface area contributed by atoms with Crippen LogP contribution >= 0.6 is 0 Å². The highest BCUT2D eigenvalue weighted by Crippen LogP contribution is 2.35. The van der Waals surface area contributed by atoms with Crippen molar-refractivity contribution in [2.24, 2.45) is 0 Å². The highest BCUT2D eigenvalue weighted by Gasteiger charge is 2.65. The molecule has 38 heavy (non-hydrogen) atoms. The number of hydrogen-bond acceptors (Lipinski definition) is 7. The molecular formula is C29H29N3O6. The lowest BCUT2D eigenvalue weighted by Gasteiger charge is -2.48. The maximum absolute atomic E-state index is 13.4. The summed E-state index contributed by atoms with van der Waals surface area (Å²) in [5.41, 5.74) is 0.980. The molecule has 2 heterocycles. The van der Waals surface area contributed by atoms with Crippen LogP contribution in [0.4, 0.5) is 0 Å². The average Bonchev–Trinajstić information content (AvgIpc) is 3.31. The van der Waals surface area contributed by atoms with Crippen molar-refractivity contribution < 1.29 is 28.9 Å². The van der Waals surface area contributed by atoms with Crippen LogP contribution < -0.4 is 10.6 Å². The molecular weight excluding hydrogens is 486 g/mol. The molecule has 2 unspecified atom stereocenters. The molecule has 2 N–H and O–H groups in total. The van der Waals surface area contributed by atoms with Gasteiger partial charge in [0.25, 0.3) is 0 Å². The fourth-order valence-corrected chi connectivity index (χ4v) is 4.75. The number of esters is 1. The SMILES string of the molecule is O=C(Cc1ccccc1)NC1C(=O)N2[C@@H]1CNC2(COOCc1ccccc1)C(=O)OCc1ccccc1. The minimum absolute atomic E-state index is 0.0396. The van der Waals surface area contributed by atoms with Crippen molar-refractivity contribution in [2.45, 2.75) is 37.4 Å². The second-order valence-corrected chi connectivity index (χ2v) is 9.30. The van der Waals surface area contributed by atoms with Crippen molar-refractivity contribution in [1.29, 1.82) is 0 Å². The molecule has 0 bridgehead atoms. The molecule has 0 aromatic heterocycles. The Kier molecular flexibility index (Phi) is 7.78. The Morgan fingerprint density at radius 2 is 1.42 bits per heavy atom. The van der Waals surface area contributed by atoms with Gasteiger partial charge in [-0.2, -0.15) is 0 Å². The Morgan fingerprint density at radius 1 is 0.842 bits per heavy atom. The first kappa shape index (κ1) is 25.6. The molecule has 9 heteroatoms. The number of ether oxygens (including phenoxy) is 1. The number of benzene rings is 3. The number of nitrogens with one attached hydrogen (secondary N) is 2. The zero-order valence-electron chi connectivity index (χ0n) is 20.7. The van der Waals surface area contributed by atoms with Gasteiger partial charge >= 0.3 is 5.97 Å². The van der Waals surface area contributed by atoms with E-state index < -0.39 is 23.7 Å². The summed E-state index contributed by atoms with van der Waals surface area (Å²) in [6.07, 6.45) is 0.158.